The minimum Gasteiger partial charge on any atom is -0.477 e. The van der Waals surface area contributed by atoms with Crippen LogP contribution in [0.5, 0.6) is 0 Å². The number of aliphatic carboxylic acids is 1. The largest absolute Gasteiger partial charge is 0.477 e. The molecule has 91 heavy (non-hydrogen) atoms. The average molecular weight is 1280 g/mol. The fourth-order valence-electron chi connectivity index (χ4n) is 12.0. The van der Waals surface area contributed by atoms with Gasteiger partial charge in [-0.05, 0) is 77.0 Å². The Labute approximate surface area is 565 Å². The van der Waals surface area contributed by atoms with Crippen LogP contribution in [0.4, 0.5) is 0 Å². The maximum atomic E-state index is 13.0. The minimum absolute atomic E-state index is 0.176. The van der Waals surface area contributed by atoms with Gasteiger partial charge in [0.25, 0.3) is 6.29 Å². The van der Waals surface area contributed by atoms with Crippen LogP contribution < -0.4 is 0 Å². The van der Waals surface area contributed by atoms with Crippen LogP contribution in [0.3, 0.4) is 0 Å². The van der Waals surface area contributed by atoms with Crippen LogP contribution in [0.15, 0.2) is 48.6 Å². The number of carboxylic acids is 1. The summed E-state index contributed by atoms with van der Waals surface area (Å²) in [5, 5.41) is 9.77. The van der Waals surface area contributed by atoms with E-state index in [1.54, 1.807) is 0 Å². The highest BCUT2D eigenvalue weighted by atomic mass is 16.7. The van der Waals surface area contributed by atoms with Gasteiger partial charge in [-0.1, -0.05) is 358 Å². The molecule has 0 rings (SSSR count). The van der Waals surface area contributed by atoms with Crippen molar-refractivity contribution in [3.05, 3.63) is 48.6 Å². The van der Waals surface area contributed by atoms with Crippen LogP contribution >= 0.6 is 0 Å². The summed E-state index contributed by atoms with van der Waals surface area (Å²) in [7, 11) is 6.00. The van der Waals surface area contributed by atoms with E-state index in [0.717, 1.165) is 51.4 Å². The first-order valence-electron chi connectivity index (χ1n) is 39.8. The molecular formula is C82H154NO8+. The summed E-state index contributed by atoms with van der Waals surface area (Å²) < 4.78 is 23.1. The maximum absolute atomic E-state index is 13.0. The minimum atomic E-state index is -1.51. The van der Waals surface area contributed by atoms with Gasteiger partial charge in [0.05, 0.1) is 34.4 Å². The van der Waals surface area contributed by atoms with Crippen molar-refractivity contribution in [2.24, 2.45) is 0 Å². The topological polar surface area (TPSA) is 108 Å². The highest BCUT2D eigenvalue weighted by Crippen LogP contribution is 2.19. The van der Waals surface area contributed by atoms with E-state index < -0.39 is 18.4 Å². The Morgan fingerprint density at radius 2 is 0.593 bits per heavy atom. The van der Waals surface area contributed by atoms with Gasteiger partial charge in [0, 0.05) is 12.8 Å². The third kappa shape index (κ3) is 74.5. The molecule has 2 unspecified atom stereocenters. The second kappa shape index (κ2) is 73.1. The lowest BCUT2D eigenvalue weighted by atomic mass is 10.0. The summed E-state index contributed by atoms with van der Waals surface area (Å²) in [5.41, 5.74) is 0. The number of allylic oxidation sites excluding steroid dienone is 8. The van der Waals surface area contributed by atoms with E-state index in [1.165, 1.54) is 321 Å². The summed E-state index contributed by atoms with van der Waals surface area (Å²) >= 11 is 0. The number of nitrogens with zero attached hydrogens (tertiary/aromatic N) is 1. The highest BCUT2D eigenvalue weighted by Gasteiger charge is 2.25. The van der Waals surface area contributed by atoms with Gasteiger partial charge < -0.3 is 28.5 Å². The second-order valence-corrected chi connectivity index (χ2v) is 28.4. The van der Waals surface area contributed by atoms with E-state index >= 15 is 0 Å². The summed E-state index contributed by atoms with van der Waals surface area (Å²) in [4.78, 5) is 37.7. The predicted molar refractivity (Wildman–Crippen MR) is 392 cm³/mol. The van der Waals surface area contributed by atoms with Crippen molar-refractivity contribution in [1.29, 1.82) is 0 Å². The molecule has 0 saturated carbocycles. The van der Waals surface area contributed by atoms with E-state index in [2.05, 4.69) is 62.5 Å². The molecule has 0 aromatic heterocycles. The van der Waals surface area contributed by atoms with Crippen molar-refractivity contribution < 1.29 is 42.9 Å². The van der Waals surface area contributed by atoms with Gasteiger partial charge in [0.15, 0.2) is 6.10 Å². The normalized spacial score (nSPS) is 12.8. The fourth-order valence-corrected chi connectivity index (χ4v) is 12.0. The number of esters is 2. The number of unbranched alkanes of at least 4 members (excludes halogenated alkanes) is 52. The molecule has 9 nitrogen and oxygen atoms in total. The monoisotopic (exact) mass is 1280 g/mol. The van der Waals surface area contributed by atoms with E-state index in [9.17, 15) is 19.5 Å². The molecule has 1 N–H and O–H groups in total. The zero-order valence-electron chi connectivity index (χ0n) is 61.3. The molecule has 0 aromatic rings. The third-order valence-corrected chi connectivity index (χ3v) is 18.1. The lowest BCUT2D eigenvalue weighted by Gasteiger charge is -2.25. The molecule has 0 aromatic carbocycles. The van der Waals surface area contributed by atoms with Gasteiger partial charge in [0.1, 0.15) is 13.2 Å². The fraction of sp³-hybridized carbons (Fsp3) is 0.866. The molecule has 0 radical (unpaired) electrons. The number of carboxylic acid groups (broad SMARTS) is 1. The first-order chi connectivity index (χ1) is 44.6. The standard InChI is InChI=1S/C82H153NO8/c1-6-8-10-12-14-16-18-20-22-24-26-28-30-32-34-35-36-37-38-39-40-41-42-43-44-45-47-49-51-53-55-57-59-61-63-65-67-69-71-73-80(85)91-78(77-90-82(81(86)87)88-75-74-83(3,4)5)76-89-79(84)72-70-68-66-64-62-60-58-56-54-52-50-48-46-33-31-29-27-25-23-21-19-17-15-13-11-9-7-2/h18,20,24-27,30,32,78,82H,6-17,19,21-23,28-29,31,33-77H2,1-5H3/p+1/b20-18-,26-24-,27-25-,32-30-. The number of carbonyl (C=O) groups is 3. The van der Waals surface area contributed by atoms with Gasteiger partial charge in [-0.2, -0.15) is 0 Å². The quantitative estimate of drug-likeness (QED) is 0.0211. The Balaban J connectivity index is 3.97. The molecule has 0 aliphatic rings. The number of likely N-dealkylation sites (N-methyl/N-ethyl adjacent to an activating group) is 1. The van der Waals surface area contributed by atoms with Crippen LogP contribution in [0.25, 0.3) is 0 Å². The average Bonchev–Trinajstić information content (AvgIpc) is 3.46. The van der Waals surface area contributed by atoms with Gasteiger partial charge in [0.2, 0.25) is 0 Å². The Morgan fingerprint density at radius 1 is 0.330 bits per heavy atom. The Hall–Kier alpha value is -2.75. The number of carbonyl (C=O) groups excluding carboxylic acids is 2. The summed E-state index contributed by atoms with van der Waals surface area (Å²) in [6.07, 6.45) is 92.7. The van der Waals surface area contributed by atoms with Crippen molar-refractivity contribution in [3.63, 3.8) is 0 Å². The van der Waals surface area contributed by atoms with E-state index in [0.29, 0.717) is 17.4 Å². The molecule has 0 saturated heterocycles. The maximum Gasteiger partial charge on any atom is 0.361 e. The lowest BCUT2D eigenvalue weighted by molar-refractivity contribution is -0.870. The summed E-state index contributed by atoms with van der Waals surface area (Å²) in [6.45, 7) is 4.94. The van der Waals surface area contributed by atoms with Crippen molar-refractivity contribution in [2.45, 2.75) is 411 Å². The number of quaternary nitrogens is 1. The third-order valence-electron chi connectivity index (χ3n) is 18.1. The van der Waals surface area contributed by atoms with E-state index in [1.807, 2.05) is 21.1 Å². The molecule has 0 aliphatic carbocycles. The van der Waals surface area contributed by atoms with Crippen molar-refractivity contribution in [2.75, 3.05) is 47.5 Å². The Morgan fingerprint density at radius 3 is 0.890 bits per heavy atom. The van der Waals surface area contributed by atoms with Crippen molar-refractivity contribution >= 4 is 17.9 Å². The summed E-state index contributed by atoms with van der Waals surface area (Å²) in [6, 6.07) is 0. The number of rotatable bonds is 75. The van der Waals surface area contributed by atoms with E-state index in [4.69, 9.17) is 18.9 Å². The lowest BCUT2D eigenvalue weighted by Crippen LogP contribution is -2.40. The molecule has 0 aliphatic heterocycles. The number of hydrogen-bond acceptors (Lipinski definition) is 7. The number of ether oxygens (including phenoxy) is 4. The first-order valence-corrected chi connectivity index (χ1v) is 39.8. The van der Waals surface area contributed by atoms with E-state index in [-0.39, 0.29) is 38.2 Å². The molecule has 0 fully saturated rings. The molecule has 534 valence electrons. The van der Waals surface area contributed by atoms with Crippen molar-refractivity contribution in [3.8, 4) is 0 Å². The van der Waals surface area contributed by atoms with Gasteiger partial charge in [-0.25, -0.2) is 4.79 Å². The molecule has 0 bridgehead atoms. The zero-order chi connectivity index (χ0) is 66.1. The zero-order valence-corrected chi connectivity index (χ0v) is 61.3. The van der Waals surface area contributed by atoms with Crippen LogP contribution in [0.1, 0.15) is 399 Å². The molecular weight excluding hydrogens is 1130 g/mol. The Kier molecular flexibility index (Phi) is 70.9. The van der Waals surface area contributed by atoms with Gasteiger partial charge in [-0.15, -0.1) is 0 Å². The molecule has 0 heterocycles. The molecule has 0 amide bonds. The van der Waals surface area contributed by atoms with Gasteiger partial charge >= 0.3 is 17.9 Å². The molecule has 0 spiro atoms. The van der Waals surface area contributed by atoms with Crippen LogP contribution in [0.2, 0.25) is 0 Å². The van der Waals surface area contributed by atoms with Crippen LogP contribution in [0, 0.1) is 0 Å². The van der Waals surface area contributed by atoms with Crippen LogP contribution in [-0.2, 0) is 33.3 Å². The smallest absolute Gasteiger partial charge is 0.361 e. The summed E-state index contributed by atoms with van der Waals surface area (Å²) in [5.74, 6) is -1.97. The van der Waals surface area contributed by atoms with Crippen molar-refractivity contribution in [1.82, 2.24) is 0 Å². The van der Waals surface area contributed by atoms with Crippen LogP contribution in [-0.4, -0.2) is 87.4 Å². The van der Waals surface area contributed by atoms with Gasteiger partial charge in [-0.3, -0.25) is 9.59 Å². The molecule has 2 atom stereocenters. The SMILES string of the molecule is CCCCCCC/C=C\C/C=C\C/C=C\CCCCCCCCCCCCCCCCCCCCCCCCCCC(=O)OC(COC(=O)CCCCCCCCCCCCCCCCC/C=C\CCCCCCCCCC)COC(OCC[N+](C)(C)C)C(=O)O. The first kappa shape index (κ1) is 88.2. The predicted octanol–water partition coefficient (Wildman–Crippen LogP) is 25.3. The highest BCUT2D eigenvalue weighted by molar-refractivity contribution is 5.71. The second-order valence-electron chi connectivity index (χ2n) is 28.4. The number of hydrogen-bond donors (Lipinski definition) is 1. The Bertz CT molecular complexity index is 1630. The molecule has 9 heteroatoms.